The number of aliphatic imine (C=N–C) groups is 1. The minimum absolute atomic E-state index is 0.0152. The van der Waals surface area contributed by atoms with Crippen molar-refractivity contribution >= 4 is 17.6 Å². The van der Waals surface area contributed by atoms with Crippen LogP contribution in [-0.4, -0.2) is 65.6 Å². The summed E-state index contributed by atoms with van der Waals surface area (Å²) in [6.07, 6.45) is 5.75. The predicted octanol–water partition coefficient (Wildman–Crippen LogP) is 2.01. The zero-order valence-electron chi connectivity index (χ0n) is 20.4. The Labute approximate surface area is 208 Å². The molecule has 1 saturated heterocycles. The number of carbonyl (C=O) groups is 2. The number of hydrogen-bond donors (Lipinski definition) is 3. The van der Waals surface area contributed by atoms with E-state index >= 15 is 0 Å². The second-order valence-corrected chi connectivity index (χ2v) is 9.44. The number of halogens is 2. The number of aliphatic hydroxyl groups is 1. The van der Waals surface area contributed by atoms with E-state index in [4.69, 9.17) is 15.2 Å². The van der Waals surface area contributed by atoms with Gasteiger partial charge in [-0.1, -0.05) is 6.07 Å². The Bertz CT molecular complexity index is 1030. The molecule has 196 valence electrons. The van der Waals surface area contributed by atoms with Crippen LogP contribution in [0.1, 0.15) is 33.1 Å². The number of nitrogens with two attached hydrogens (primary N) is 1. The molecule has 1 aromatic carbocycles. The van der Waals surface area contributed by atoms with Crippen molar-refractivity contribution in [2.75, 3.05) is 26.3 Å². The Morgan fingerprint density at radius 3 is 2.67 bits per heavy atom. The highest BCUT2D eigenvalue weighted by atomic mass is 19.1. The van der Waals surface area contributed by atoms with E-state index < -0.39 is 40.8 Å². The summed E-state index contributed by atoms with van der Waals surface area (Å²) in [6, 6.07) is 2.36. The Morgan fingerprint density at radius 1 is 1.36 bits per heavy atom. The SMILES string of the molecule is CC(C)(O)CN/C=C\C(N)=NC(=O)C(CC1CCOCC1)N1CC(Oc2c(F)cccc2F)=CC1=O. The molecule has 2 aliphatic heterocycles. The average molecular weight is 507 g/mol. The van der Waals surface area contributed by atoms with Gasteiger partial charge in [0, 0.05) is 32.0 Å². The van der Waals surface area contributed by atoms with E-state index in [2.05, 4.69) is 10.3 Å². The maximum Gasteiger partial charge on any atom is 0.270 e. The van der Waals surface area contributed by atoms with Crippen LogP contribution < -0.4 is 15.8 Å². The fraction of sp³-hybridized carbons (Fsp3) is 0.480. The van der Waals surface area contributed by atoms with Gasteiger partial charge in [0.05, 0.1) is 12.1 Å². The number of nitrogens with one attached hydrogen (secondary N) is 1. The zero-order chi connectivity index (χ0) is 26.3. The molecule has 0 spiro atoms. The fourth-order valence-corrected chi connectivity index (χ4v) is 3.90. The highest BCUT2D eigenvalue weighted by Gasteiger charge is 2.36. The molecule has 2 heterocycles. The van der Waals surface area contributed by atoms with Crippen LogP contribution in [-0.2, 0) is 14.3 Å². The highest BCUT2D eigenvalue weighted by molar-refractivity contribution is 6.03. The van der Waals surface area contributed by atoms with Crippen molar-refractivity contribution in [1.82, 2.24) is 10.2 Å². The molecule has 2 amide bonds. The molecule has 1 unspecified atom stereocenters. The Balaban J connectivity index is 1.74. The molecule has 0 saturated carbocycles. The number of hydrogen-bond acceptors (Lipinski definition) is 6. The second-order valence-electron chi connectivity index (χ2n) is 9.44. The normalized spacial score (nSPS) is 18.5. The smallest absolute Gasteiger partial charge is 0.270 e. The van der Waals surface area contributed by atoms with Gasteiger partial charge in [-0.25, -0.2) is 8.78 Å². The van der Waals surface area contributed by atoms with E-state index in [9.17, 15) is 23.5 Å². The fourth-order valence-electron chi connectivity index (χ4n) is 3.90. The van der Waals surface area contributed by atoms with Gasteiger partial charge in [-0.05, 0) is 57.2 Å². The summed E-state index contributed by atoms with van der Waals surface area (Å²) in [5.41, 5.74) is 4.95. The summed E-state index contributed by atoms with van der Waals surface area (Å²) in [4.78, 5) is 31.2. The van der Waals surface area contributed by atoms with Gasteiger partial charge in [-0.2, -0.15) is 4.99 Å². The van der Waals surface area contributed by atoms with Gasteiger partial charge in [-0.15, -0.1) is 0 Å². The van der Waals surface area contributed by atoms with Gasteiger partial charge in [0.25, 0.3) is 11.8 Å². The molecule has 11 heteroatoms. The monoisotopic (exact) mass is 506 g/mol. The number of ether oxygens (including phenoxy) is 2. The van der Waals surface area contributed by atoms with E-state index in [1.165, 1.54) is 23.2 Å². The number of carbonyl (C=O) groups excluding carboxylic acids is 2. The van der Waals surface area contributed by atoms with Gasteiger partial charge < -0.3 is 30.5 Å². The quantitative estimate of drug-likeness (QED) is 0.327. The third-order valence-corrected chi connectivity index (χ3v) is 5.75. The van der Waals surface area contributed by atoms with Crippen molar-refractivity contribution in [3.05, 3.63) is 53.9 Å². The lowest BCUT2D eigenvalue weighted by Crippen LogP contribution is -2.44. The van der Waals surface area contributed by atoms with Gasteiger partial charge >= 0.3 is 0 Å². The summed E-state index contributed by atoms with van der Waals surface area (Å²) in [7, 11) is 0. The van der Waals surface area contributed by atoms with E-state index in [1.54, 1.807) is 13.8 Å². The molecule has 36 heavy (non-hydrogen) atoms. The third-order valence-electron chi connectivity index (χ3n) is 5.75. The largest absolute Gasteiger partial charge is 0.453 e. The summed E-state index contributed by atoms with van der Waals surface area (Å²) < 4.78 is 38.8. The molecule has 1 aromatic rings. The van der Waals surface area contributed by atoms with Gasteiger partial charge in [-0.3, -0.25) is 9.59 Å². The minimum Gasteiger partial charge on any atom is -0.453 e. The van der Waals surface area contributed by atoms with Crippen molar-refractivity contribution in [2.45, 2.75) is 44.8 Å². The molecule has 4 N–H and O–H groups in total. The lowest BCUT2D eigenvalue weighted by Gasteiger charge is -2.30. The zero-order valence-corrected chi connectivity index (χ0v) is 20.4. The highest BCUT2D eigenvalue weighted by Crippen LogP contribution is 2.29. The Hall–Kier alpha value is -3.31. The maximum absolute atomic E-state index is 14.0. The van der Waals surface area contributed by atoms with Crippen LogP contribution in [0.3, 0.4) is 0 Å². The first-order valence-corrected chi connectivity index (χ1v) is 11.7. The van der Waals surface area contributed by atoms with Crippen molar-refractivity contribution in [2.24, 2.45) is 16.6 Å². The van der Waals surface area contributed by atoms with Crippen LogP contribution in [0.15, 0.2) is 47.3 Å². The summed E-state index contributed by atoms with van der Waals surface area (Å²) in [5.74, 6) is -3.51. The van der Waals surface area contributed by atoms with Crippen LogP contribution >= 0.6 is 0 Å². The van der Waals surface area contributed by atoms with E-state index in [-0.39, 0.29) is 30.6 Å². The van der Waals surface area contributed by atoms with E-state index in [0.29, 0.717) is 19.6 Å². The minimum atomic E-state index is -0.945. The van der Waals surface area contributed by atoms with Crippen LogP contribution in [0.2, 0.25) is 0 Å². The first kappa shape index (κ1) is 27.3. The molecule has 9 nitrogen and oxygen atoms in total. The van der Waals surface area contributed by atoms with E-state index in [1.807, 2.05) is 0 Å². The van der Waals surface area contributed by atoms with E-state index in [0.717, 1.165) is 31.1 Å². The van der Waals surface area contributed by atoms with Gasteiger partial charge in [0.15, 0.2) is 17.4 Å². The van der Waals surface area contributed by atoms with Crippen molar-refractivity contribution in [3.63, 3.8) is 0 Å². The molecular weight excluding hydrogens is 474 g/mol. The van der Waals surface area contributed by atoms with Crippen molar-refractivity contribution < 1.29 is 33.0 Å². The molecule has 2 aliphatic rings. The summed E-state index contributed by atoms with van der Waals surface area (Å²) in [5, 5.41) is 12.6. The number of benzene rings is 1. The Kier molecular flexibility index (Phi) is 9.16. The summed E-state index contributed by atoms with van der Waals surface area (Å²) in [6.45, 7) is 4.49. The number of amides is 2. The number of para-hydroxylation sites is 1. The van der Waals surface area contributed by atoms with Crippen molar-refractivity contribution in [1.29, 1.82) is 0 Å². The maximum atomic E-state index is 14.0. The van der Waals surface area contributed by atoms with Gasteiger partial charge in [0.2, 0.25) is 0 Å². The number of nitrogens with zero attached hydrogens (tertiary/aromatic N) is 2. The predicted molar refractivity (Wildman–Crippen MR) is 129 cm³/mol. The first-order valence-electron chi connectivity index (χ1n) is 11.7. The summed E-state index contributed by atoms with van der Waals surface area (Å²) >= 11 is 0. The first-order chi connectivity index (χ1) is 17.0. The second kappa shape index (κ2) is 12.1. The molecule has 0 bridgehead atoms. The third kappa shape index (κ3) is 7.85. The van der Waals surface area contributed by atoms with Crippen LogP contribution in [0.4, 0.5) is 8.78 Å². The molecule has 1 fully saturated rings. The topological polar surface area (TPSA) is 126 Å². The van der Waals surface area contributed by atoms with Gasteiger partial charge in [0.1, 0.15) is 17.6 Å². The Morgan fingerprint density at radius 2 is 2.03 bits per heavy atom. The molecule has 1 atom stereocenters. The molecule has 0 aromatic heterocycles. The van der Waals surface area contributed by atoms with Crippen LogP contribution in [0, 0.1) is 17.6 Å². The standard InChI is InChI=1S/C25H32F2N4O5/c1-25(2,34)15-29-9-6-21(28)30-24(33)20(12-16-7-10-35-11-8-16)31-14-17(13-22(31)32)36-23-18(26)4-3-5-19(23)27/h3-6,9,13,16,20,29,34H,7-8,10-12,14-15H2,1-2H3,(H2,28,30,33)/b9-6-. The number of amidine groups is 1. The molecule has 0 aliphatic carbocycles. The number of rotatable bonds is 10. The lowest BCUT2D eigenvalue weighted by molar-refractivity contribution is -0.135. The average Bonchev–Trinajstić information content (AvgIpc) is 3.17. The van der Waals surface area contributed by atoms with Crippen molar-refractivity contribution in [3.8, 4) is 5.75 Å². The van der Waals surface area contributed by atoms with Crippen LogP contribution in [0.25, 0.3) is 0 Å². The lowest BCUT2D eigenvalue weighted by atomic mass is 9.91. The van der Waals surface area contributed by atoms with Crippen LogP contribution in [0.5, 0.6) is 5.75 Å². The molecule has 0 radical (unpaired) electrons. The molecule has 3 rings (SSSR count). The molecular formula is C25H32F2N4O5.